The van der Waals surface area contributed by atoms with Gasteiger partial charge in [0.15, 0.2) is 0 Å². The Morgan fingerprint density at radius 1 is 1.13 bits per heavy atom. The van der Waals surface area contributed by atoms with E-state index >= 15 is 0 Å². The fourth-order valence-corrected chi connectivity index (χ4v) is 3.13. The largest absolute Gasteiger partial charge is 0.480 e. The van der Waals surface area contributed by atoms with Gasteiger partial charge in [0.1, 0.15) is 11.6 Å². The van der Waals surface area contributed by atoms with Crippen molar-refractivity contribution < 1.29 is 32.6 Å². The van der Waals surface area contributed by atoms with Gasteiger partial charge in [0.05, 0.1) is 5.56 Å². The Balaban J connectivity index is 2.09. The molecular weight excluding hydrogens is 403 g/mol. The summed E-state index contributed by atoms with van der Waals surface area (Å²) >= 11 is 0. The maximum atomic E-state index is 13.1. The quantitative estimate of drug-likeness (QED) is 0.744. The van der Waals surface area contributed by atoms with E-state index in [0.717, 1.165) is 12.1 Å². The van der Waals surface area contributed by atoms with Gasteiger partial charge in [-0.05, 0) is 50.5 Å². The molecule has 168 valence electrons. The van der Waals surface area contributed by atoms with Gasteiger partial charge in [0.2, 0.25) is 0 Å². The third kappa shape index (κ3) is 6.88. The monoisotopic (exact) mass is 431 g/mol. The van der Waals surface area contributed by atoms with E-state index in [-0.39, 0.29) is 12.0 Å². The van der Waals surface area contributed by atoms with Gasteiger partial charge in [-0.15, -0.1) is 0 Å². The molecule has 1 aliphatic heterocycles. The summed E-state index contributed by atoms with van der Waals surface area (Å²) in [6.45, 7) is 7.59. The van der Waals surface area contributed by atoms with Gasteiger partial charge in [0.25, 0.3) is 0 Å². The standard InChI is InChI=1S/C20H28F3N3O4/c1-19(2,3)30-18(29)26-8-6-25(7-9-26)12-13-4-5-15(20(21,22)23)10-14(13)11-16(24)17(27)28/h4-5,10,16H,6-9,11-12,24H2,1-3H3,(H,27,28)/t16-/m0/s1. The number of halogens is 3. The third-order valence-electron chi connectivity index (χ3n) is 4.71. The first-order chi connectivity index (χ1) is 13.8. The van der Waals surface area contributed by atoms with E-state index in [1.807, 2.05) is 4.90 Å². The number of ether oxygens (including phenoxy) is 1. The number of rotatable bonds is 5. The van der Waals surface area contributed by atoms with E-state index in [9.17, 15) is 22.8 Å². The summed E-state index contributed by atoms with van der Waals surface area (Å²) in [5.41, 5.74) is 4.98. The van der Waals surface area contributed by atoms with Gasteiger partial charge in [-0.25, -0.2) is 4.79 Å². The minimum atomic E-state index is -4.53. The highest BCUT2D eigenvalue weighted by Gasteiger charge is 2.32. The highest BCUT2D eigenvalue weighted by Crippen LogP contribution is 2.31. The molecule has 0 spiro atoms. The van der Waals surface area contributed by atoms with Crippen molar-refractivity contribution in [3.05, 3.63) is 34.9 Å². The Morgan fingerprint density at radius 3 is 2.23 bits per heavy atom. The zero-order valence-electron chi connectivity index (χ0n) is 17.3. The van der Waals surface area contributed by atoms with Gasteiger partial charge < -0.3 is 20.5 Å². The zero-order valence-corrected chi connectivity index (χ0v) is 17.3. The summed E-state index contributed by atoms with van der Waals surface area (Å²) < 4.78 is 44.6. The molecule has 0 saturated carbocycles. The smallest absolute Gasteiger partial charge is 0.416 e. The van der Waals surface area contributed by atoms with Crippen LogP contribution in [0.3, 0.4) is 0 Å². The summed E-state index contributed by atoms with van der Waals surface area (Å²) in [6.07, 6.45) is -5.13. The second-order valence-corrected chi connectivity index (χ2v) is 8.37. The molecular formula is C20H28F3N3O4. The molecule has 1 aliphatic rings. The average Bonchev–Trinajstić information content (AvgIpc) is 2.61. The SMILES string of the molecule is CC(C)(C)OC(=O)N1CCN(Cc2ccc(C(F)(F)F)cc2C[C@H](N)C(=O)O)CC1. The highest BCUT2D eigenvalue weighted by atomic mass is 19.4. The molecule has 1 heterocycles. The van der Waals surface area contributed by atoms with Crippen LogP contribution < -0.4 is 5.73 Å². The van der Waals surface area contributed by atoms with E-state index in [1.165, 1.54) is 6.07 Å². The van der Waals surface area contributed by atoms with E-state index in [1.54, 1.807) is 25.7 Å². The summed E-state index contributed by atoms with van der Waals surface area (Å²) in [5, 5.41) is 9.04. The summed E-state index contributed by atoms with van der Waals surface area (Å²) in [6, 6.07) is 2.03. The first-order valence-corrected chi connectivity index (χ1v) is 9.64. The Morgan fingerprint density at radius 2 is 1.73 bits per heavy atom. The average molecular weight is 431 g/mol. The van der Waals surface area contributed by atoms with Crippen LogP contribution in [0, 0.1) is 0 Å². The molecule has 1 aromatic rings. The Labute approximate surface area is 173 Å². The lowest BCUT2D eigenvalue weighted by atomic mass is 9.97. The van der Waals surface area contributed by atoms with Crippen molar-refractivity contribution in [3.63, 3.8) is 0 Å². The van der Waals surface area contributed by atoms with Crippen LogP contribution in [-0.2, 0) is 28.7 Å². The normalized spacial score (nSPS) is 17.0. The lowest BCUT2D eigenvalue weighted by Gasteiger charge is -2.36. The predicted octanol–water partition coefficient (Wildman–Crippen LogP) is 2.71. The van der Waals surface area contributed by atoms with E-state index in [2.05, 4.69) is 0 Å². The lowest BCUT2D eigenvalue weighted by molar-refractivity contribution is -0.138. The number of piperazine rings is 1. The predicted molar refractivity (Wildman–Crippen MR) is 104 cm³/mol. The Kier molecular flexibility index (Phi) is 7.36. The molecule has 2 rings (SSSR count). The van der Waals surface area contributed by atoms with Crippen molar-refractivity contribution in [1.29, 1.82) is 0 Å². The Bertz CT molecular complexity index is 770. The summed E-state index contributed by atoms with van der Waals surface area (Å²) in [7, 11) is 0. The van der Waals surface area contributed by atoms with Crippen molar-refractivity contribution >= 4 is 12.1 Å². The number of carboxylic acids is 1. The molecule has 1 amide bonds. The minimum Gasteiger partial charge on any atom is -0.480 e. The molecule has 7 nitrogen and oxygen atoms in total. The summed E-state index contributed by atoms with van der Waals surface area (Å²) in [4.78, 5) is 26.8. The number of amides is 1. The van der Waals surface area contributed by atoms with Crippen LogP contribution in [-0.4, -0.2) is 64.8 Å². The first kappa shape index (κ1) is 23.9. The molecule has 10 heteroatoms. The molecule has 0 bridgehead atoms. The molecule has 3 N–H and O–H groups in total. The number of carbonyl (C=O) groups excluding carboxylic acids is 1. The molecule has 1 atom stereocenters. The molecule has 0 aliphatic carbocycles. The second-order valence-electron chi connectivity index (χ2n) is 8.37. The molecule has 1 saturated heterocycles. The summed E-state index contributed by atoms with van der Waals surface area (Å²) in [5.74, 6) is -1.27. The van der Waals surface area contributed by atoms with Gasteiger partial charge >= 0.3 is 18.2 Å². The molecule has 0 radical (unpaired) electrons. The first-order valence-electron chi connectivity index (χ1n) is 9.64. The van der Waals surface area contributed by atoms with Crippen LogP contribution in [0.4, 0.5) is 18.0 Å². The molecule has 1 aromatic carbocycles. The van der Waals surface area contributed by atoms with Crippen LogP contribution >= 0.6 is 0 Å². The van der Waals surface area contributed by atoms with Crippen molar-refractivity contribution in [2.75, 3.05) is 26.2 Å². The molecule has 0 aromatic heterocycles. The number of carboxylic acid groups (broad SMARTS) is 1. The second kappa shape index (κ2) is 9.22. The fraction of sp³-hybridized carbons (Fsp3) is 0.600. The number of benzene rings is 1. The van der Waals surface area contributed by atoms with Crippen molar-refractivity contribution in [2.45, 2.75) is 51.6 Å². The number of carbonyl (C=O) groups is 2. The third-order valence-corrected chi connectivity index (χ3v) is 4.71. The number of nitrogens with two attached hydrogens (primary N) is 1. The van der Waals surface area contributed by atoms with Crippen LogP contribution in [0.5, 0.6) is 0 Å². The van der Waals surface area contributed by atoms with Gasteiger partial charge in [0, 0.05) is 32.7 Å². The van der Waals surface area contributed by atoms with E-state index in [0.29, 0.717) is 38.3 Å². The van der Waals surface area contributed by atoms with Crippen LogP contribution in [0.1, 0.15) is 37.5 Å². The number of hydrogen-bond acceptors (Lipinski definition) is 5. The fourth-order valence-electron chi connectivity index (χ4n) is 3.13. The molecule has 30 heavy (non-hydrogen) atoms. The molecule has 1 fully saturated rings. The maximum absolute atomic E-state index is 13.1. The highest BCUT2D eigenvalue weighted by molar-refractivity contribution is 5.73. The number of hydrogen-bond donors (Lipinski definition) is 2. The Hall–Kier alpha value is -2.33. The van der Waals surface area contributed by atoms with E-state index in [4.69, 9.17) is 15.6 Å². The number of alkyl halides is 3. The van der Waals surface area contributed by atoms with E-state index < -0.39 is 35.4 Å². The topological polar surface area (TPSA) is 96.1 Å². The van der Waals surface area contributed by atoms with Crippen LogP contribution in [0.15, 0.2) is 18.2 Å². The van der Waals surface area contributed by atoms with Gasteiger partial charge in [-0.1, -0.05) is 6.07 Å². The van der Waals surface area contributed by atoms with Crippen LogP contribution in [0.25, 0.3) is 0 Å². The molecule has 0 unspecified atom stereocenters. The number of aliphatic carboxylic acids is 1. The van der Waals surface area contributed by atoms with Gasteiger partial charge in [-0.3, -0.25) is 9.69 Å². The minimum absolute atomic E-state index is 0.202. The van der Waals surface area contributed by atoms with Crippen molar-refractivity contribution in [3.8, 4) is 0 Å². The maximum Gasteiger partial charge on any atom is 0.416 e. The van der Waals surface area contributed by atoms with Crippen molar-refractivity contribution in [1.82, 2.24) is 9.80 Å². The lowest BCUT2D eigenvalue weighted by Crippen LogP contribution is -2.49. The van der Waals surface area contributed by atoms with Crippen LogP contribution in [0.2, 0.25) is 0 Å². The number of nitrogens with zero attached hydrogens (tertiary/aromatic N) is 2. The van der Waals surface area contributed by atoms with Crippen molar-refractivity contribution in [2.24, 2.45) is 5.73 Å². The zero-order chi connectivity index (χ0) is 22.7. The van der Waals surface area contributed by atoms with Gasteiger partial charge in [-0.2, -0.15) is 13.2 Å².